The maximum absolute atomic E-state index is 11.9. The van der Waals surface area contributed by atoms with Gasteiger partial charge in [-0.05, 0) is 18.3 Å². The van der Waals surface area contributed by atoms with E-state index in [4.69, 9.17) is 0 Å². The molecule has 19 heavy (non-hydrogen) atoms. The standard InChI is InChI=1S/C17H32O2/c1-5-7-9-11-15(18)13-17(3,4)14-16(19)12-10-8-6-2/h5-14H2,1-4H3. The van der Waals surface area contributed by atoms with Crippen LogP contribution in [0.2, 0.25) is 0 Å². The topological polar surface area (TPSA) is 34.1 Å². The van der Waals surface area contributed by atoms with Crippen molar-refractivity contribution in [2.24, 2.45) is 5.41 Å². The summed E-state index contributed by atoms with van der Waals surface area (Å²) in [4.78, 5) is 23.7. The Morgan fingerprint density at radius 1 is 0.737 bits per heavy atom. The van der Waals surface area contributed by atoms with Crippen LogP contribution in [0.3, 0.4) is 0 Å². The van der Waals surface area contributed by atoms with Crippen LogP contribution < -0.4 is 0 Å². The second-order valence-electron chi connectivity index (χ2n) is 6.51. The lowest BCUT2D eigenvalue weighted by molar-refractivity contribution is -0.123. The lowest BCUT2D eigenvalue weighted by atomic mass is 9.81. The molecule has 0 aliphatic rings. The Labute approximate surface area is 119 Å². The highest BCUT2D eigenvalue weighted by atomic mass is 16.1. The van der Waals surface area contributed by atoms with E-state index < -0.39 is 0 Å². The fourth-order valence-corrected chi connectivity index (χ4v) is 2.45. The average molecular weight is 268 g/mol. The van der Waals surface area contributed by atoms with Gasteiger partial charge in [0.25, 0.3) is 0 Å². The molecule has 0 radical (unpaired) electrons. The van der Waals surface area contributed by atoms with Crippen LogP contribution in [0.1, 0.15) is 91.9 Å². The van der Waals surface area contributed by atoms with Gasteiger partial charge in [-0.3, -0.25) is 9.59 Å². The van der Waals surface area contributed by atoms with Gasteiger partial charge in [0.1, 0.15) is 11.6 Å². The predicted octanol–water partition coefficient (Wildman–Crippen LogP) is 5.09. The van der Waals surface area contributed by atoms with Crippen molar-refractivity contribution in [1.29, 1.82) is 0 Å². The van der Waals surface area contributed by atoms with Crippen molar-refractivity contribution in [2.45, 2.75) is 91.9 Å². The van der Waals surface area contributed by atoms with Crippen LogP contribution >= 0.6 is 0 Å². The van der Waals surface area contributed by atoms with Crippen LogP contribution in [0.4, 0.5) is 0 Å². The number of Topliss-reactive ketones (excluding diaryl/α,β-unsaturated/α-hetero) is 2. The fraction of sp³-hybridized carbons (Fsp3) is 0.882. The SMILES string of the molecule is CCCCCC(=O)CC(C)(C)CC(=O)CCCCC. The molecule has 0 N–H and O–H groups in total. The van der Waals surface area contributed by atoms with E-state index in [-0.39, 0.29) is 5.41 Å². The van der Waals surface area contributed by atoms with E-state index >= 15 is 0 Å². The minimum Gasteiger partial charge on any atom is -0.300 e. The molecule has 0 heterocycles. The summed E-state index contributed by atoms with van der Waals surface area (Å²) in [6.07, 6.45) is 9.00. The lowest BCUT2D eigenvalue weighted by Crippen LogP contribution is -2.21. The number of carbonyl (C=O) groups excluding carboxylic acids is 2. The maximum atomic E-state index is 11.9. The van der Waals surface area contributed by atoms with E-state index in [1.54, 1.807) is 0 Å². The van der Waals surface area contributed by atoms with Crippen LogP contribution in [0.5, 0.6) is 0 Å². The van der Waals surface area contributed by atoms with E-state index in [2.05, 4.69) is 13.8 Å². The number of rotatable bonds is 12. The summed E-state index contributed by atoms with van der Waals surface area (Å²) in [6.45, 7) is 8.37. The van der Waals surface area contributed by atoms with Gasteiger partial charge in [-0.1, -0.05) is 53.4 Å². The molecular weight excluding hydrogens is 236 g/mol. The van der Waals surface area contributed by atoms with Gasteiger partial charge in [0.2, 0.25) is 0 Å². The molecule has 0 fully saturated rings. The van der Waals surface area contributed by atoms with Crippen LogP contribution in [0.15, 0.2) is 0 Å². The smallest absolute Gasteiger partial charge is 0.133 e. The summed E-state index contributed by atoms with van der Waals surface area (Å²) < 4.78 is 0. The van der Waals surface area contributed by atoms with E-state index in [0.29, 0.717) is 37.2 Å². The summed E-state index contributed by atoms with van der Waals surface area (Å²) in [6, 6.07) is 0. The molecular formula is C17H32O2. The molecule has 0 bridgehead atoms. The molecule has 0 spiro atoms. The third-order valence-corrected chi connectivity index (χ3v) is 3.47. The second-order valence-corrected chi connectivity index (χ2v) is 6.51. The highest BCUT2D eigenvalue weighted by molar-refractivity contribution is 5.82. The predicted molar refractivity (Wildman–Crippen MR) is 81.3 cm³/mol. The monoisotopic (exact) mass is 268 g/mol. The van der Waals surface area contributed by atoms with Crippen molar-refractivity contribution in [3.8, 4) is 0 Å². The molecule has 112 valence electrons. The number of unbranched alkanes of at least 4 members (excludes halogenated alkanes) is 4. The molecule has 0 aliphatic heterocycles. The molecule has 0 saturated heterocycles. The lowest BCUT2D eigenvalue weighted by Gasteiger charge is -2.23. The Balaban J connectivity index is 3.95. The Kier molecular flexibility index (Phi) is 9.81. The van der Waals surface area contributed by atoms with Crippen LogP contribution in [-0.2, 0) is 9.59 Å². The Morgan fingerprint density at radius 3 is 1.42 bits per heavy atom. The molecule has 0 atom stereocenters. The van der Waals surface area contributed by atoms with Gasteiger partial charge >= 0.3 is 0 Å². The number of hydrogen-bond donors (Lipinski definition) is 0. The normalized spacial score (nSPS) is 11.6. The van der Waals surface area contributed by atoms with Crippen molar-refractivity contribution in [3.05, 3.63) is 0 Å². The summed E-state index contributed by atoms with van der Waals surface area (Å²) in [7, 11) is 0. The first-order valence-corrected chi connectivity index (χ1v) is 7.94. The summed E-state index contributed by atoms with van der Waals surface area (Å²) in [5, 5.41) is 0. The largest absolute Gasteiger partial charge is 0.300 e. The first-order valence-electron chi connectivity index (χ1n) is 7.94. The molecule has 0 aromatic carbocycles. The molecule has 0 aromatic rings. The van der Waals surface area contributed by atoms with E-state index in [9.17, 15) is 9.59 Å². The molecule has 0 unspecified atom stereocenters. The first kappa shape index (κ1) is 18.3. The zero-order valence-corrected chi connectivity index (χ0v) is 13.4. The Morgan fingerprint density at radius 2 is 1.11 bits per heavy atom. The highest BCUT2D eigenvalue weighted by Crippen LogP contribution is 2.27. The van der Waals surface area contributed by atoms with Crippen LogP contribution in [-0.4, -0.2) is 11.6 Å². The van der Waals surface area contributed by atoms with Crippen molar-refractivity contribution in [1.82, 2.24) is 0 Å². The molecule has 0 aliphatic carbocycles. The minimum absolute atomic E-state index is 0.160. The van der Waals surface area contributed by atoms with Crippen molar-refractivity contribution < 1.29 is 9.59 Å². The highest BCUT2D eigenvalue weighted by Gasteiger charge is 2.24. The molecule has 0 rings (SSSR count). The number of carbonyl (C=O) groups is 2. The molecule has 0 saturated carbocycles. The van der Waals surface area contributed by atoms with Gasteiger partial charge in [-0.15, -0.1) is 0 Å². The van der Waals surface area contributed by atoms with E-state index in [1.807, 2.05) is 13.8 Å². The van der Waals surface area contributed by atoms with Gasteiger partial charge in [0.15, 0.2) is 0 Å². The van der Waals surface area contributed by atoms with Crippen LogP contribution in [0, 0.1) is 5.41 Å². The van der Waals surface area contributed by atoms with Gasteiger partial charge in [-0.25, -0.2) is 0 Å². The fourth-order valence-electron chi connectivity index (χ4n) is 2.45. The quantitative estimate of drug-likeness (QED) is 0.462. The summed E-state index contributed by atoms with van der Waals surface area (Å²) >= 11 is 0. The van der Waals surface area contributed by atoms with Gasteiger partial charge in [0.05, 0.1) is 0 Å². The van der Waals surface area contributed by atoms with E-state index in [1.165, 1.54) is 0 Å². The molecule has 0 aromatic heterocycles. The molecule has 0 amide bonds. The second kappa shape index (κ2) is 10.2. The van der Waals surface area contributed by atoms with E-state index in [0.717, 1.165) is 38.5 Å². The third kappa shape index (κ3) is 10.9. The zero-order valence-electron chi connectivity index (χ0n) is 13.4. The maximum Gasteiger partial charge on any atom is 0.133 e. The van der Waals surface area contributed by atoms with Crippen LogP contribution in [0.25, 0.3) is 0 Å². The van der Waals surface area contributed by atoms with Gasteiger partial charge in [0, 0.05) is 25.7 Å². The third-order valence-electron chi connectivity index (χ3n) is 3.47. The number of ketones is 2. The van der Waals surface area contributed by atoms with Crippen molar-refractivity contribution in [2.75, 3.05) is 0 Å². The summed E-state index contributed by atoms with van der Waals surface area (Å²) in [5.74, 6) is 0.639. The Hall–Kier alpha value is -0.660. The zero-order chi connectivity index (χ0) is 14.7. The minimum atomic E-state index is -0.160. The number of hydrogen-bond acceptors (Lipinski definition) is 2. The summed E-state index contributed by atoms with van der Waals surface area (Å²) in [5.41, 5.74) is -0.160. The first-order chi connectivity index (χ1) is 8.91. The Bertz CT molecular complexity index is 240. The average Bonchev–Trinajstić information content (AvgIpc) is 2.28. The molecule has 2 nitrogen and oxygen atoms in total. The van der Waals surface area contributed by atoms with Crippen molar-refractivity contribution in [3.63, 3.8) is 0 Å². The van der Waals surface area contributed by atoms with Gasteiger partial charge < -0.3 is 0 Å². The van der Waals surface area contributed by atoms with Crippen molar-refractivity contribution >= 4 is 11.6 Å². The van der Waals surface area contributed by atoms with Gasteiger partial charge in [-0.2, -0.15) is 0 Å². The molecule has 2 heteroatoms.